The fourth-order valence-corrected chi connectivity index (χ4v) is 4.02. The predicted octanol–water partition coefficient (Wildman–Crippen LogP) is 3.91. The van der Waals surface area contributed by atoms with E-state index in [1.54, 1.807) is 50.6 Å². The Kier molecular flexibility index (Phi) is 7.37. The molecule has 0 aliphatic carbocycles. The summed E-state index contributed by atoms with van der Waals surface area (Å²) in [5, 5.41) is 0. The van der Waals surface area contributed by atoms with Gasteiger partial charge in [-0.15, -0.1) is 0 Å². The van der Waals surface area contributed by atoms with E-state index in [-0.39, 0.29) is 24.7 Å². The first-order valence-electron chi connectivity index (χ1n) is 9.95. The zero-order valence-corrected chi connectivity index (χ0v) is 19.1. The number of benzene rings is 3. The van der Waals surface area contributed by atoms with Crippen molar-refractivity contribution in [1.82, 2.24) is 4.90 Å². The monoisotopic (exact) mass is 454 g/mol. The standard InChI is InChI=1S/C24H26N2O5S/c1-25(17-19-11-7-9-15-22(19)30-2)24(27)18-26(32(3,28)29)21-14-8-10-16-23(21)31-20-12-5-4-6-13-20/h4-16H,17-18H2,1-3H3. The van der Waals surface area contributed by atoms with E-state index in [2.05, 4.69) is 0 Å². The lowest BCUT2D eigenvalue weighted by Gasteiger charge is -2.27. The van der Waals surface area contributed by atoms with Crippen LogP contribution in [0.1, 0.15) is 5.56 Å². The molecule has 3 aromatic rings. The SMILES string of the molecule is COc1ccccc1CN(C)C(=O)CN(c1ccccc1Oc1ccccc1)S(C)(=O)=O. The van der Waals surface area contributed by atoms with Crippen LogP contribution in [0, 0.1) is 0 Å². The van der Waals surface area contributed by atoms with Crippen LogP contribution < -0.4 is 13.8 Å². The third kappa shape index (κ3) is 5.79. The van der Waals surface area contributed by atoms with Crippen molar-refractivity contribution < 1.29 is 22.7 Å². The Hall–Kier alpha value is -3.52. The Morgan fingerprint density at radius 2 is 1.47 bits per heavy atom. The average Bonchev–Trinajstić information content (AvgIpc) is 2.78. The van der Waals surface area contributed by atoms with Gasteiger partial charge in [0.15, 0.2) is 5.75 Å². The summed E-state index contributed by atoms with van der Waals surface area (Å²) in [6.45, 7) is -0.0811. The van der Waals surface area contributed by atoms with Crippen LogP contribution in [0.4, 0.5) is 5.69 Å². The number of methoxy groups -OCH3 is 1. The van der Waals surface area contributed by atoms with Gasteiger partial charge in [-0.05, 0) is 30.3 Å². The Labute approximate surface area is 188 Å². The van der Waals surface area contributed by atoms with Crippen LogP contribution in [0.5, 0.6) is 17.2 Å². The highest BCUT2D eigenvalue weighted by molar-refractivity contribution is 7.92. The quantitative estimate of drug-likeness (QED) is 0.490. The van der Waals surface area contributed by atoms with Crippen molar-refractivity contribution in [3.8, 4) is 17.2 Å². The summed E-state index contributed by atoms with van der Waals surface area (Å²) in [6.07, 6.45) is 1.07. The molecule has 0 heterocycles. The van der Waals surface area contributed by atoms with Gasteiger partial charge in [0.25, 0.3) is 0 Å². The van der Waals surface area contributed by atoms with Gasteiger partial charge in [0.1, 0.15) is 18.0 Å². The second kappa shape index (κ2) is 10.2. The van der Waals surface area contributed by atoms with Crippen LogP contribution in [0.25, 0.3) is 0 Å². The van der Waals surface area contributed by atoms with Crippen molar-refractivity contribution in [2.75, 3.05) is 31.3 Å². The van der Waals surface area contributed by atoms with E-state index in [4.69, 9.17) is 9.47 Å². The Bertz CT molecular complexity index is 1170. The topological polar surface area (TPSA) is 76.2 Å². The normalized spacial score (nSPS) is 11.0. The number of carbonyl (C=O) groups is 1. The van der Waals surface area contributed by atoms with Crippen LogP contribution in [0.3, 0.4) is 0 Å². The molecule has 0 aliphatic rings. The molecule has 7 nitrogen and oxygen atoms in total. The summed E-state index contributed by atoms with van der Waals surface area (Å²) in [5.74, 6) is 1.20. The second-order valence-electron chi connectivity index (χ2n) is 7.21. The number of hydrogen-bond donors (Lipinski definition) is 0. The maximum Gasteiger partial charge on any atom is 0.243 e. The van der Waals surface area contributed by atoms with Gasteiger partial charge in [-0.3, -0.25) is 9.10 Å². The highest BCUT2D eigenvalue weighted by Crippen LogP contribution is 2.33. The summed E-state index contributed by atoms with van der Waals surface area (Å²) >= 11 is 0. The van der Waals surface area contributed by atoms with Gasteiger partial charge in [-0.2, -0.15) is 0 Å². The van der Waals surface area contributed by atoms with Gasteiger partial charge in [-0.25, -0.2) is 8.42 Å². The molecule has 32 heavy (non-hydrogen) atoms. The molecule has 168 valence electrons. The van der Waals surface area contributed by atoms with E-state index in [1.807, 2.05) is 42.5 Å². The van der Waals surface area contributed by atoms with E-state index in [0.717, 1.165) is 16.1 Å². The summed E-state index contributed by atoms with van der Waals surface area (Å²) in [7, 11) is -0.574. The van der Waals surface area contributed by atoms with Gasteiger partial charge in [-0.1, -0.05) is 48.5 Å². The molecule has 0 aromatic heterocycles. The molecular weight excluding hydrogens is 428 g/mol. The van der Waals surface area contributed by atoms with Crippen molar-refractivity contribution >= 4 is 21.6 Å². The number of likely N-dealkylation sites (N-methyl/N-ethyl adjacent to an activating group) is 1. The lowest BCUT2D eigenvalue weighted by Crippen LogP contribution is -2.41. The van der Waals surface area contributed by atoms with Crippen molar-refractivity contribution in [2.24, 2.45) is 0 Å². The Balaban J connectivity index is 1.84. The molecule has 3 aromatic carbocycles. The molecule has 0 saturated carbocycles. The second-order valence-corrected chi connectivity index (χ2v) is 9.12. The van der Waals surface area contributed by atoms with Crippen LogP contribution in [-0.4, -0.2) is 46.2 Å². The first kappa shape index (κ1) is 23.1. The Morgan fingerprint density at radius 1 is 0.875 bits per heavy atom. The molecule has 0 atom stereocenters. The highest BCUT2D eigenvalue weighted by atomic mass is 32.2. The van der Waals surface area contributed by atoms with Gasteiger partial charge >= 0.3 is 0 Å². The molecule has 0 unspecified atom stereocenters. The van der Waals surface area contributed by atoms with Gasteiger partial charge in [0, 0.05) is 19.2 Å². The molecule has 0 spiro atoms. The van der Waals surface area contributed by atoms with E-state index in [0.29, 0.717) is 17.2 Å². The molecular formula is C24H26N2O5S. The number of para-hydroxylation sites is 4. The first-order chi connectivity index (χ1) is 15.3. The summed E-state index contributed by atoms with van der Waals surface area (Å²) in [5.41, 5.74) is 1.11. The number of carbonyl (C=O) groups excluding carboxylic acids is 1. The molecule has 0 radical (unpaired) electrons. The molecule has 0 fully saturated rings. The number of sulfonamides is 1. The first-order valence-corrected chi connectivity index (χ1v) is 11.8. The highest BCUT2D eigenvalue weighted by Gasteiger charge is 2.26. The average molecular weight is 455 g/mol. The third-order valence-electron chi connectivity index (χ3n) is 4.81. The largest absolute Gasteiger partial charge is 0.496 e. The van der Waals surface area contributed by atoms with Crippen LogP contribution >= 0.6 is 0 Å². The van der Waals surface area contributed by atoms with Crippen molar-refractivity contribution in [3.63, 3.8) is 0 Å². The van der Waals surface area contributed by atoms with Gasteiger partial charge in [0.2, 0.25) is 15.9 Å². The Morgan fingerprint density at radius 3 is 2.12 bits per heavy atom. The third-order valence-corrected chi connectivity index (χ3v) is 5.94. The smallest absolute Gasteiger partial charge is 0.243 e. The zero-order valence-electron chi connectivity index (χ0n) is 18.3. The number of rotatable bonds is 9. The number of anilines is 1. The molecule has 8 heteroatoms. The van der Waals surface area contributed by atoms with Gasteiger partial charge in [0.05, 0.1) is 19.1 Å². The van der Waals surface area contributed by atoms with E-state index in [1.165, 1.54) is 4.90 Å². The molecule has 0 bridgehead atoms. The van der Waals surface area contributed by atoms with Crippen LogP contribution in [0.15, 0.2) is 78.9 Å². The van der Waals surface area contributed by atoms with Crippen molar-refractivity contribution in [2.45, 2.75) is 6.54 Å². The van der Waals surface area contributed by atoms with E-state index < -0.39 is 10.0 Å². The van der Waals surface area contributed by atoms with Crippen molar-refractivity contribution in [1.29, 1.82) is 0 Å². The molecule has 0 aliphatic heterocycles. The lowest BCUT2D eigenvalue weighted by atomic mass is 10.2. The lowest BCUT2D eigenvalue weighted by molar-refractivity contribution is -0.128. The van der Waals surface area contributed by atoms with Crippen LogP contribution in [0.2, 0.25) is 0 Å². The van der Waals surface area contributed by atoms with E-state index >= 15 is 0 Å². The van der Waals surface area contributed by atoms with Gasteiger partial charge < -0.3 is 14.4 Å². The molecule has 0 N–H and O–H groups in total. The minimum absolute atomic E-state index is 0.280. The zero-order chi connectivity index (χ0) is 23.1. The summed E-state index contributed by atoms with van der Waals surface area (Å²) in [6, 6.07) is 23.2. The number of amides is 1. The molecule has 1 amide bonds. The predicted molar refractivity (Wildman–Crippen MR) is 125 cm³/mol. The summed E-state index contributed by atoms with van der Waals surface area (Å²) < 4.78 is 37.6. The van der Waals surface area contributed by atoms with Crippen molar-refractivity contribution in [3.05, 3.63) is 84.4 Å². The maximum atomic E-state index is 13.0. The van der Waals surface area contributed by atoms with Crippen LogP contribution in [-0.2, 0) is 21.4 Å². The number of hydrogen-bond acceptors (Lipinski definition) is 5. The maximum absolute atomic E-state index is 13.0. The number of nitrogens with zero attached hydrogens (tertiary/aromatic N) is 2. The number of ether oxygens (including phenoxy) is 2. The fourth-order valence-electron chi connectivity index (χ4n) is 3.17. The molecule has 0 saturated heterocycles. The molecule has 3 rings (SSSR count). The summed E-state index contributed by atoms with van der Waals surface area (Å²) in [4.78, 5) is 14.5. The van der Waals surface area contributed by atoms with E-state index in [9.17, 15) is 13.2 Å². The fraction of sp³-hybridized carbons (Fsp3) is 0.208. The minimum Gasteiger partial charge on any atom is -0.496 e. The minimum atomic E-state index is -3.77.